The second-order valence-electron chi connectivity index (χ2n) is 4.38. The second kappa shape index (κ2) is 5.17. The molecule has 0 bridgehead atoms. The van der Waals surface area contributed by atoms with Crippen LogP contribution in [0.25, 0.3) is 16.9 Å². The van der Waals surface area contributed by atoms with E-state index in [9.17, 15) is 10.1 Å². The summed E-state index contributed by atoms with van der Waals surface area (Å²) in [6, 6.07) is 8.56. The van der Waals surface area contributed by atoms with E-state index >= 15 is 0 Å². The highest BCUT2D eigenvalue weighted by Crippen LogP contribution is 2.32. The molecule has 0 N–H and O–H groups in total. The monoisotopic (exact) mass is 347 g/mol. The zero-order valence-corrected chi connectivity index (χ0v) is 12.6. The van der Waals surface area contributed by atoms with E-state index < -0.39 is 4.92 Å². The molecular formula is C14H10BrN3O3. The van der Waals surface area contributed by atoms with E-state index in [1.165, 1.54) is 13.2 Å². The summed E-state index contributed by atoms with van der Waals surface area (Å²) in [7, 11) is 1.41. The Balaban J connectivity index is 2.13. The van der Waals surface area contributed by atoms with Gasteiger partial charge in [0.25, 0.3) is 0 Å². The minimum Gasteiger partial charge on any atom is -0.490 e. The lowest BCUT2D eigenvalue weighted by molar-refractivity contribution is -0.385. The van der Waals surface area contributed by atoms with Crippen LogP contribution in [0.4, 0.5) is 5.69 Å². The molecule has 21 heavy (non-hydrogen) atoms. The Morgan fingerprint density at radius 1 is 1.29 bits per heavy atom. The molecular weight excluding hydrogens is 338 g/mol. The molecule has 0 aliphatic heterocycles. The quantitative estimate of drug-likeness (QED) is 0.535. The summed E-state index contributed by atoms with van der Waals surface area (Å²) in [4.78, 5) is 15.1. The molecule has 6 nitrogen and oxygen atoms in total. The highest BCUT2D eigenvalue weighted by Gasteiger charge is 2.17. The maximum Gasteiger partial charge on any atom is 0.311 e. The van der Waals surface area contributed by atoms with Gasteiger partial charge in [0.2, 0.25) is 0 Å². The molecule has 2 aromatic heterocycles. The Morgan fingerprint density at radius 2 is 2.10 bits per heavy atom. The van der Waals surface area contributed by atoms with Gasteiger partial charge in [-0.2, -0.15) is 0 Å². The standard InChI is InChI=1S/C14H10BrN3O3/c1-21-13-4-2-9(6-12(13)18(19)20)11-8-17-7-10(15)3-5-14(17)16-11/h2-8H,1H3. The van der Waals surface area contributed by atoms with Crippen LogP contribution in [0.3, 0.4) is 0 Å². The van der Waals surface area contributed by atoms with Crippen LogP contribution in [-0.2, 0) is 0 Å². The number of aromatic nitrogens is 2. The Morgan fingerprint density at radius 3 is 2.81 bits per heavy atom. The maximum atomic E-state index is 11.1. The number of nitro groups is 1. The summed E-state index contributed by atoms with van der Waals surface area (Å²) in [5.74, 6) is 0.232. The summed E-state index contributed by atoms with van der Waals surface area (Å²) >= 11 is 3.39. The van der Waals surface area contributed by atoms with E-state index in [1.807, 2.05) is 28.9 Å². The van der Waals surface area contributed by atoms with Gasteiger partial charge in [-0.1, -0.05) is 0 Å². The number of nitro benzene ring substituents is 1. The number of halogens is 1. The number of hydrogen-bond acceptors (Lipinski definition) is 4. The van der Waals surface area contributed by atoms with Crippen LogP contribution in [0.1, 0.15) is 0 Å². The average molecular weight is 348 g/mol. The molecule has 3 rings (SSSR count). The van der Waals surface area contributed by atoms with E-state index in [0.29, 0.717) is 11.3 Å². The van der Waals surface area contributed by atoms with Crippen molar-refractivity contribution in [3.05, 3.63) is 57.3 Å². The van der Waals surface area contributed by atoms with Gasteiger partial charge >= 0.3 is 5.69 Å². The zero-order chi connectivity index (χ0) is 15.0. The maximum absolute atomic E-state index is 11.1. The predicted octanol–water partition coefficient (Wildman–Crippen LogP) is 3.68. The third-order valence-electron chi connectivity index (χ3n) is 3.09. The lowest BCUT2D eigenvalue weighted by atomic mass is 10.1. The number of nitrogens with zero attached hydrogens (tertiary/aromatic N) is 3. The van der Waals surface area contributed by atoms with E-state index in [4.69, 9.17) is 4.74 Å². The molecule has 0 aliphatic carbocycles. The van der Waals surface area contributed by atoms with Crippen molar-refractivity contribution >= 4 is 27.3 Å². The van der Waals surface area contributed by atoms with Crippen LogP contribution in [0.2, 0.25) is 0 Å². The molecule has 0 spiro atoms. The second-order valence-corrected chi connectivity index (χ2v) is 5.30. The van der Waals surface area contributed by atoms with Crippen molar-refractivity contribution in [3.63, 3.8) is 0 Å². The van der Waals surface area contributed by atoms with Crippen molar-refractivity contribution in [3.8, 4) is 17.0 Å². The minimum atomic E-state index is -0.464. The van der Waals surface area contributed by atoms with Gasteiger partial charge in [-0.25, -0.2) is 4.98 Å². The normalized spacial score (nSPS) is 10.8. The van der Waals surface area contributed by atoms with Crippen molar-refractivity contribution in [1.82, 2.24) is 9.38 Å². The number of imidazole rings is 1. The first-order valence-corrected chi connectivity index (χ1v) is 6.85. The lowest BCUT2D eigenvalue weighted by Crippen LogP contribution is -1.94. The van der Waals surface area contributed by atoms with Crippen LogP contribution in [0.15, 0.2) is 47.2 Å². The fraction of sp³-hybridized carbons (Fsp3) is 0.0714. The summed E-state index contributed by atoms with van der Waals surface area (Å²) < 4.78 is 7.79. The smallest absolute Gasteiger partial charge is 0.311 e. The molecule has 0 saturated heterocycles. The Labute approximate surface area is 128 Å². The zero-order valence-electron chi connectivity index (χ0n) is 11.0. The number of hydrogen-bond donors (Lipinski definition) is 0. The van der Waals surface area contributed by atoms with Crippen molar-refractivity contribution in [2.75, 3.05) is 7.11 Å². The molecule has 0 radical (unpaired) electrons. The molecule has 0 amide bonds. The van der Waals surface area contributed by atoms with Gasteiger partial charge in [0.1, 0.15) is 5.65 Å². The Hall–Kier alpha value is -2.41. The molecule has 0 saturated carbocycles. The van der Waals surface area contributed by atoms with Crippen molar-refractivity contribution < 1.29 is 9.66 Å². The summed E-state index contributed by atoms with van der Waals surface area (Å²) in [5, 5.41) is 11.1. The van der Waals surface area contributed by atoms with E-state index in [1.54, 1.807) is 12.1 Å². The summed E-state index contributed by atoms with van der Waals surface area (Å²) in [6.45, 7) is 0. The number of fused-ring (bicyclic) bond motifs is 1. The molecule has 7 heteroatoms. The van der Waals surface area contributed by atoms with Crippen LogP contribution < -0.4 is 4.74 Å². The first-order chi connectivity index (χ1) is 10.1. The van der Waals surface area contributed by atoms with E-state index in [0.717, 1.165) is 10.1 Å². The van der Waals surface area contributed by atoms with Crippen LogP contribution in [0.5, 0.6) is 5.75 Å². The fourth-order valence-corrected chi connectivity index (χ4v) is 2.45. The van der Waals surface area contributed by atoms with Gasteiger partial charge in [-0.05, 0) is 40.2 Å². The van der Waals surface area contributed by atoms with Gasteiger partial charge in [0.15, 0.2) is 5.75 Å². The summed E-state index contributed by atoms with van der Waals surface area (Å²) in [5.41, 5.74) is 2.03. The van der Waals surface area contributed by atoms with Crippen molar-refractivity contribution in [2.24, 2.45) is 0 Å². The van der Waals surface area contributed by atoms with Gasteiger partial charge in [-0.3, -0.25) is 10.1 Å². The third-order valence-corrected chi connectivity index (χ3v) is 3.56. The van der Waals surface area contributed by atoms with Gasteiger partial charge in [-0.15, -0.1) is 0 Å². The number of rotatable bonds is 3. The fourth-order valence-electron chi connectivity index (χ4n) is 2.10. The Bertz CT molecular complexity index is 845. The molecule has 2 heterocycles. The van der Waals surface area contributed by atoms with E-state index in [2.05, 4.69) is 20.9 Å². The van der Waals surface area contributed by atoms with Gasteiger partial charge < -0.3 is 9.14 Å². The first kappa shape index (κ1) is 13.6. The summed E-state index contributed by atoms with van der Waals surface area (Å²) in [6.07, 6.45) is 3.70. The van der Waals surface area contributed by atoms with Crippen LogP contribution >= 0.6 is 15.9 Å². The predicted molar refractivity (Wildman–Crippen MR) is 81.5 cm³/mol. The van der Waals surface area contributed by atoms with Crippen molar-refractivity contribution in [2.45, 2.75) is 0 Å². The van der Waals surface area contributed by atoms with Crippen LogP contribution in [0, 0.1) is 10.1 Å². The molecule has 0 atom stereocenters. The average Bonchev–Trinajstić information content (AvgIpc) is 2.89. The molecule has 0 aliphatic rings. The lowest BCUT2D eigenvalue weighted by Gasteiger charge is -2.02. The minimum absolute atomic E-state index is 0.0757. The first-order valence-electron chi connectivity index (χ1n) is 6.05. The number of ether oxygens (including phenoxy) is 1. The number of benzene rings is 1. The van der Waals surface area contributed by atoms with Gasteiger partial charge in [0, 0.05) is 28.5 Å². The number of pyridine rings is 1. The third kappa shape index (κ3) is 2.47. The number of methoxy groups -OCH3 is 1. The SMILES string of the molecule is COc1ccc(-c2cn3cc(Br)ccc3n2)cc1[N+](=O)[O-]. The largest absolute Gasteiger partial charge is 0.490 e. The molecule has 3 aromatic rings. The molecule has 0 unspecified atom stereocenters. The molecule has 0 fully saturated rings. The topological polar surface area (TPSA) is 69.7 Å². The highest BCUT2D eigenvalue weighted by atomic mass is 79.9. The van der Waals surface area contributed by atoms with Gasteiger partial charge in [0.05, 0.1) is 17.7 Å². The van der Waals surface area contributed by atoms with Crippen LogP contribution in [-0.4, -0.2) is 21.4 Å². The molecule has 106 valence electrons. The highest BCUT2D eigenvalue weighted by molar-refractivity contribution is 9.10. The Kier molecular flexibility index (Phi) is 3.34. The molecule has 1 aromatic carbocycles. The van der Waals surface area contributed by atoms with Crippen molar-refractivity contribution in [1.29, 1.82) is 0 Å². The van der Waals surface area contributed by atoms with E-state index in [-0.39, 0.29) is 11.4 Å².